The minimum absolute atomic E-state index is 0.0126. The van der Waals surface area contributed by atoms with Gasteiger partial charge < -0.3 is 10.1 Å². The molecule has 0 saturated carbocycles. The van der Waals surface area contributed by atoms with E-state index >= 15 is 0 Å². The van der Waals surface area contributed by atoms with Gasteiger partial charge in [-0.05, 0) is 31.0 Å². The van der Waals surface area contributed by atoms with E-state index in [1.165, 1.54) is 0 Å². The smallest absolute Gasteiger partial charge is 0.222 e. The summed E-state index contributed by atoms with van der Waals surface area (Å²) < 4.78 is 5.70. The largest absolute Gasteiger partial charge is 0.487 e. The average Bonchev–Trinajstić information content (AvgIpc) is 2.47. The van der Waals surface area contributed by atoms with E-state index in [-0.39, 0.29) is 6.10 Å². The Kier molecular flexibility index (Phi) is 4.66. The van der Waals surface area contributed by atoms with Gasteiger partial charge in [-0.15, -0.1) is 0 Å². The van der Waals surface area contributed by atoms with Crippen LogP contribution in [-0.4, -0.2) is 27.6 Å². The molecule has 0 bridgehead atoms. The summed E-state index contributed by atoms with van der Waals surface area (Å²) in [6, 6.07) is 3.73. The lowest BCUT2D eigenvalue weighted by atomic mass is 10.3. The zero-order valence-corrected chi connectivity index (χ0v) is 11.2. The lowest BCUT2D eigenvalue weighted by Gasteiger charge is -2.15. The van der Waals surface area contributed by atoms with Crippen LogP contribution in [0.5, 0.6) is 5.75 Å². The first-order valence-electron chi connectivity index (χ1n) is 6.39. The highest BCUT2D eigenvalue weighted by atomic mass is 16.5. The number of anilines is 1. The zero-order chi connectivity index (χ0) is 13.5. The van der Waals surface area contributed by atoms with Crippen LogP contribution in [0.15, 0.2) is 36.9 Å². The number of aromatic nitrogens is 3. The summed E-state index contributed by atoms with van der Waals surface area (Å²) in [7, 11) is 0. The van der Waals surface area contributed by atoms with Gasteiger partial charge in [0.05, 0.1) is 12.7 Å². The summed E-state index contributed by atoms with van der Waals surface area (Å²) in [6.07, 6.45) is 8.05. The number of nitrogens with one attached hydrogen (secondary N) is 1. The maximum atomic E-state index is 5.70. The SMILES string of the molecule is CCc1cnc(NC[C@H](C)Oc2cccnc2)nc1. The molecule has 2 rings (SSSR count). The molecule has 2 aromatic heterocycles. The highest BCUT2D eigenvalue weighted by Gasteiger charge is 2.05. The van der Waals surface area contributed by atoms with Crippen LogP contribution >= 0.6 is 0 Å². The van der Waals surface area contributed by atoms with Gasteiger partial charge in [-0.25, -0.2) is 9.97 Å². The first kappa shape index (κ1) is 13.3. The van der Waals surface area contributed by atoms with Crippen LogP contribution in [0.1, 0.15) is 19.4 Å². The Morgan fingerprint density at radius 1 is 1.26 bits per heavy atom. The van der Waals surface area contributed by atoms with Crippen molar-refractivity contribution in [2.24, 2.45) is 0 Å². The Morgan fingerprint density at radius 3 is 2.68 bits per heavy atom. The van der Waals surface area contributed by atoms with Crippen LogP contribution in [0, 0.1) is 0 Å². The Balaban J connectivity index is 1.81. The van der Waals surface area contributed by atoms with Gasteiger partial charge in [0.2, 0.25) is 5.95 Å². The van der Waals surface area contributed by atoms with Gasteiger partial charge in [-0.3, -0.25) is 4.98 Å². The second-order valence-electron chi connectivity index (χ2n) is 4.27. The van der Waals surface area contributed by atoms with Crippen molar-refractivity contribution in [2.75, 3.05) is 11.9 Å². The van der Waals surface area contributed by atoms with E-state index in [2.05, 4.69) is 27.2 Å². The first-order chi connectivity index (χ1) is 9.28. The highest BCUT2D eigenvalue weighted by Crippen LogP contribution is 2.09. The molecule has 2 heterocycles. The Hall–Kier alpha value is -2.17. The average molecular weight is 258 g/mol. The Morgan fingerprint density at radius 2 is 2.05 bits per heavy atom. The normalized spacial score (nSPS) is 11.9. The number of hydrogen-bond acceptors (Lipinski definition) is 5. The summed E-state index contributed by atoms with van der Waals surface area (Å²) in [5, 5.41) is 3.15. The third-order valence-electron chi connectivity index (χ3n) is 2.63. The maximum Gasteiger partial charge on any atom is 0.222 e. The molecule has 0 spiro atoms. The molecule has 0 unspecified atom stereocenters. The van der Waals surface area contributed by atoms with E-state index < -0.39 is 0 Å². The van der Waals surface area contributed by atoms with Crippen LogP contribution in [0.3, 0.4) is 0 Å². The summed E-state index contributed by atoms with van der Waals surface area (Å²) >= 11 is 0. The van der Waals surface area contributed by atoms with E-state index in [9.17, 15) is 0 Å². The molecule has 0 saturated heterocycles. The van der Waals surface area contributed by atoms with Crippen molar-refractivity contribution in [1.29, 1.82) is 0 Å². The highest BCUT2D eigenvalue weighted by molar-refractivity contribution is 5.25. The van der Waals surface area contributed by atoms with E-state index in [0.717, 1.165) is 17.7 Å². The minimum Gasteiger partial charge on any atom is -0.487 e. The van der Waals surface area contributed by atoms with Gasteiger partial charge in [-0.1, -0.05) is 6.92 Å². The number of nitrogens with zero attached hydrogens (tertiary/aromatic N) is 3. The third kappa shape index (κ3) is 4.21. The molecule has 1 atom stereocenters. The molecule has 2 aromatic rings. The Labute approximate surface area is 113 Å². The van der Waals surface area contributed by atoms with Gasteiger partial charge in [0.1, 0.15) is 11.9 Å². The van der Waals surface area contributed by atoms with Crippen molar-refractivity contribution in [2.45, 2.75) is 26.4 Å². The molecule has 5 nitrogen and oxygen atoms in total. The van der Waals surface area contributed by atoms with Crippen molar-refractivity contribution in [3.05, 3.63) is 42.5 Å². The summed E-state index contributed by atoms with van der Waals surface area (Å²) in [5.41, 5.74) is 1.13. The molecular weight excluding hydrogens is 240 g/mol. The minimum atomic E-state index is 0.0126. The van der Waals surface area contributed by atoms with Gasteiger partial charge in [-0.2, -0.15) is 0 Å². The summed E-state index contributed by atoms with van der Waals surface area (Å²) in [5.74, 6) is 1.39. The van der Waals surface area contributed by atoms with E-state index in [1.54, 1.807) is 12.4 Å². The van der Waals surface area contributed by atoms with Crippen LogP contribution in [0.25, 0.3) is 0 Å². The molecule has 0 amide bonds. The van der Waals surface area contributed by atoms with Crippen LogP contribution in [0.2, 0.25) is 0 Å². The number of rotatable bonds is 6. The molecule has 5 heteroatoms. The van der Waals surface area contributed by atoms with Crippen LogP contribution in [0.4, 0.5) is 5.95 Å². The van der Waals surface area contributed by atoms with Crippen molar-refractivity contribution >= 4 is 5.95 Å². The van der Waals surface area contributed by atoms with Crippen LogP contribution < -0.4 is 10.1 Å². The van der Waals surface area contributed by atoms with Crippen molar-refractivity contribution in [3.63, 3.8) is 0 Å². The van der Waals surface area contributed by atoms with Gasteiger partial charge in [0.25, 0.3) is 0 Å². The zero-order valence-electron chi connectivity index (χ0n) is 11.2. The third-order valence-corrected chi connectivity index (χ3v) is 2.63. The van der Waals surface area contributed by atoms with E-state index in [1.807, 2.05) is 31.5 Å². The van der Waals surface area contributed by atoms with Crippen molar-refractivity contribution < 1.29 is 4.74 Å². The number of aryl methyl sites for hydroxylation is 1. The number of pyridine rings is 1. The maximum absolute atomic E-state index is 5.70. The standard InChI is InChI=1S/C14H18N4O/c1-3-12-8-17-14(18-9-12)16-7-11(2)19-13-5-4-6-15-10-13/h4-6,8-11H,3,7H2,1-2H3,(H,16,17,18)/t11-/m0/s1. The second kappa shape index (κ2) is 6.68. The molecule has 0 aliphatic heterocycles. The van der Waals surface area contributed by atoms with E-state index in [4.69, 9.17) is 4.74 Å². The fourth-order valence-corrected chi connectivity index (χ4v) is 1.55. The monoisotopic (exact) mass is 258 g/mol. The molecule has 1 N–H and O–H groups in total. The van der Waals surface area contributed by atoms with Gasteiger partial charge in [0.15, 0.2) is 0 Å². The molecule has 0 radical (unpaired) electrons. The topological polar surface area (TPSA) is 59.9 Å². The molecule has 19 heavy (non-hydrogen) atoms. The quantitative estimate of drug-likeness (QED) is 0.861. The summed E-state index contributed by atoms with van der Waals surface area (Å²) in [4.78, 5) is 12.5. The van der Waals surface area contributed by atoms with Crippen molar-refractivity contribution in [3.8, 4) is 5.75 Å². The van der Waals surface area contributed by atoms with E-state index in [0.29, 0.717) is 12.5 Å². The fraction of sp³-hybridized carbons (Fsp3) is 0.357. The number of hydrogen-bond donors (Lipinski definition) is 1. The van der Waals surface area contributed by atoms with Gasteiger partial charge in [0, 0.05) is 18.6 Å². The number of ether oxygens (including phenoxy) is 1. The van der Waals surface area contributed by atoms with Gasteiger partial charge >= 0.3 is 0 Å². The summed E-state index contributed by atoms with van der Waals surface area (Å²) in [6.45, 7) is 4.70. The predicted molar refractivity (Wildman–Crippen MR) is 74.2 cm³/mol. The molecule has 0 aliphatic rings. The Bertz CT molecular complexity index is 487. The lowest BCUT2D eigenvalue weighted by molar-refractivity contribution is 0.233. The lowest BCUT2D eigenvalue weighted by Crippen LogP contribution is -2.23. The van der Waals surface area contributed by atoms with Crippen LogP contribution in [-0.2, 0) is 6.42 Å². The fourth-order valence-electron chi connectivity index (χ4n) is 1.55. The molecule has 0 aliphatic carbocycles. The molecular formula is C14H18N4O. The predicted octanol–water partition coefficient (Wildman–Crippen LogP) is 2.31. The molecule has 0 aromatic carbocycles. The first-order valence-corrected chi connectivity index (χ1v) is 6.39. The van der Waals surface area contributed by atoms with Crippen molar-refractivity contribution in [1.82, 2.24) is 15.0 Å². The second-order valence-corrected chi connectivity index (χ2v) is 4.27. The molecule has 100 valence electrons. The molecule has 0 fully saturated rings.